The molecule has 0 aromatic heterocycles. The lowest BCUT2D eigenvalue weighted by Gasteiger charge is -2.25. The fraction of sp³-hybridized carbons (Fsp3) is 0.250. The summed E-state index contributed by atoms with van der Waals surface area (Å²) in [5, 5.41) is 11.4. The average molecular weight is 293 g/mol. The van der Waals surface area contributed by atoms with Crippen molar-refractivity contribution in [1.29, 1.82) is 0 Å². The van der Waals surface area contributed by atoms with Gasteiger partial charge in [0.2, 0.25) is 0 Å². The first-order valence-corrected chi connectivity index (χ1v) is 6.57. The first kappa shape index (κ1) is 14.7. The molecule has 106 valence electrons. The van der Waals surface area contributed by atoms with Crippen LogP contribution in [0.4, 0.5) is 0 Å². The molecule has 2 rings (SSSR count). The Morgan fingerprint density at radius 2 is 1.45 bits per heavy atom. The van der Waals surface area contributed by atoms with Crippen LogP contribution in [0.5, 0.6) is 11.5 Å². The predicted molar refractivity (Wildman–Crippen MR) is 79.7 cm³/mol. The summed E-state index contributed by atoms with van der Waals surface area (Å²) < 4.78 is 10.5. The molecule has 1 N–H and O–H groups in total. The SMILES string of the molecule is COc1ccc(C(C)(O)c2ccc(Cl)cc2)cc1OC. The molecule has 0 fully saturated rings. The molecule has 0 aliphatic heterocycles. The van der Waals surface area contributed by atoms with Crippen molar-refractivity contribution in [2.24, 2.45) is 0 Å². The molecule has 0 heterocycles. The number of ether oxygens (including phenoxy) is 2. The van der Waals surface area contributed by atoms with Crippen molar-refractivity contribution in [2.75, 3.05) is 14.2 Å². The second-order valence-corrected chi connectivity index (χ2v) is 5.09. The maximum Gasteiger partial charge on any atom is 0.161 e. The lowest BCUT2D eigenvalue weighted by atomic mass is 9.88. The molecule has 20 heavy (non-hydrogen) atoms. The van der Waals surface area contributed by atoms with Crippen LogP contribution in [0.2, 0.25) is 5.02 Å². The van der Waals surface area contributed by atoms with Crippen molar-refractivity contribution < 1.29 is 14.6 Å². The van der Waals surface area contributed by atoms with E-state index < -0.39 is 5.60 Å². The van der Waals surface area contributed by atoms with Crippen LogP contribution < -0.4 is 9.47 Å². The molecule has 3 nitrogen and oxygen atoms in total. The minimum atomic E-state index is -1.13. The van der Waals surface area contributed by atoms with Gasteiger partial charge in [-0.25, -0.2) is 0 Å². The summed E-state index contributed by atoms with van der Waals surface area (Å²) in [6.45, 7) is 1.73. The highest BCUT2D eigenvalue weighted by Gasteiger charge is 2.26. The average Bonchev–Trinajstić information content (AvgIpc) is 2.46. The number of halogens is 1. The molecular formula is C16H17ClO3. The third kappa shape index (κ3) is 2.74. The molecule has 1 unspecified atom stereocenters. The summed E-state index contributed by atoms with van der Waals surface area (Å²) in [6, 6.07) is 12.5. The third-order valence-corrected chi connectivity index (χ3v) is 3.60. The van der Waals surface area contributed by atoms with Gasteiger partial charge in [0.15, 0.2) is 11.5 Å². The Kier molecular flexibility index (Phi) is 4.21. The molecular weight excluding hydrogens is 276 g/mol. The number of rotatable bonds is 4. The number of hydrogen-bond acceptors (Lipinski definition) is 3. The van der Waals surface area contributed by atoms with Gasteiger partial charge in [0, 0.05) is 5.02 Å². The minimum Gasteiger partial charge on any atom is -0.493 e. The van der Waals surface area contributed by atoms with Crippen molar-refractivity contribution in [3.8, 4) is 11.5 Å². The first-order valence-electron chi connectivity index (χ1n) is 6.20. The first-order chi connectivity index (χ1) is 9.48. The van der Waals surface area contributed by atoms with E-state index in [4.69, 9.17) is 21.1 Å². The van der Waals surface area contributed by atoms with Crippen LogP contribution in [0, 0.1) is 0 Å². The molecule has 0 aliphatic carbocycles. The number of aliphatic hydroxyl groups is 1. The van der Waals surface area contributed by atoms with E-state index in [9.17, 15) is 5.11 Å². The largest absolute Gasteiger partial charge is 0.493 e. The third-order valence-electron chi connectivity index (χ3n) is 3.35. The quantitative estimate of drug-likeness (QED) is 0.935. The topological polar surface area (TPSA) is 38.7 Å². The van der Waals surface area contributed by atoms with Crippen LogP contribution in [0.25, 0.3) is 0 Å². The molecule has 1 atom stereocenters. The molecule has 2 aromatic rings. The van der Waals surface area contributed by atoms with Crippen molar-refractivity contribution in [2.45, 2.75) is 12.5 Å². The zero-order chi connectivity index (χ0) is 14.8. The van der Waals surface area contributed by atoms with E-state index in [1.54, 1.807) is 57.5 Å². The Hall–Kier alpha value is -1.71. The molecule has 0 radical (unpaired) electrons. The summed E-state index contributed by atoms with van der Waals surface area (Å²) in [4.78, 5) is 0. The summed E-state index contributed by atoms with van der Waals surface area (Å²) in [6.07, 6.45) is 0. The van der Waals surface area contributed by atoms with Gasteiger partial charge in [-0.05, 0) is 42.3 Å². The van der Waals surface area contributed by atoms with Gasteiger partial charge in [-0.15, -0.1) is 0 Å². The monoisotopic (exact) mass is 292 g/mol. The van der Waals surface area contributed by atoms with Crippen LogP contribution in [0.3, 0.4) is 0 Å². The van der Waals surface area contributed by atoms with E-state index >= 15 is 0 Å². The molecule has 2 aromatic carbocycles. The Balaban J connectivity index is 2.45. The minimum absolute atomic E-state index is 0.583. The van der Waals surface area contributed by atoms with Crippen LogP contribution in [-0.4, -0.2) is 19.3 Å². The highest BCUT2D eigenvalue weighted by molar-refractivity contribution is 6.30. The van der Waals surface area contributed by atoms with Gasteiger partial charge >= 0.3 is 0 Å². The van der Waals surface area contributed by atoms with Crippen molar-refractivity contribution in [1.82, 2.24) is 0 Å². The van der Waals surface area contributed by atoms with Crippen LogP contribution in [0.15, 0.2) is 42.5 Å². The zero-order valence-electron chi connectivity index (χ0n) is 11.7. The highest BCUT2D eigenvalue weighted by atomic mass is 35.5. The number of benzene rings is 2. The second kappa shape index (κ2) is 5.73. The van der Waals surface area contributed by atoms with E-state index in [1.165, 1.54) is 0 Å². The Morgan fingerprint density at radius 3 is 2.00 bits per heavy atom. The normalized spacial score (nSPS) is 13.7. The Bertz CT molecular complexity index is 591. The van der Waals surface area contributed by atoms with Gasteiger partial charge in [-0.2, -0.15) is 0 Å². The summed E-state index contributed by atoms with van der Waals surface area (Å²) >= 11 is 5.88. The summed E-state index contributed by atoms with van der Waals surface area (Å²) in [5.41, 5.74) is 0.344. The molecule has 4 heteroatoms. The maximum atomic E-state index is 10.8. The lowest BCUT2D eigenvalue weighted by Crippen LogP contribution is -2.22. The Morgan fingerprint density at radius 1 is 0.900 bits per heavy atom. The van der Waals surface area contributed by atoms with Gasteiger partial charge in [-0.1, -0.05) is 29.8 Å². The van der Waals surface area contributed by atoms with E-state index in [1.807, 2.05) is 6.07 Å². The molecule has 0 amide bonds. The van der Waals surface area contributed by atoms with Gasteiger partial charge < -0.3 is 14.6 Å². The molecule has 0 spiro atoms. The van der Waals surface area contributed by atoms with Crippen molar-refractivity contribution in [3.05, 3.63) is 58.6 Å². The van der Waals surface area contributed by atoms with Crippen LogP contribution in [0.1, 0.15) is 18.1 Å². The lowest BCUT2D eigenvalue weighted by molar-refractivity contribution is 0.102. The highest BCUT2D eigenvalue weighted by Crippen LogP contribution is 2.35. The summed E-state index contributed by atoms with van der Waals surface area (Å²) in [5.74, 6) is 1.21. The number of methoxy groups -OCH3 is 2. The summed E-state index contributed by atoms with van der Waals surface area (Å²) in [7, 11) is 3.15. The van der Waals surface area contributed by atoms with E-state index in [2.05, 4.69) is 0 Å². The fourth-order valence-electron chi connectivity index (χ4n) is 2.08. The van der Waals surface area contributed by atoms with E-state index in [0.29, 0.717) is 16.5 Å². The fourth-order valence-corrected chi connectivity index (χ4v) is 2.21. The van der Waals surface area contributed by atoms with E-state index in [0.717, 1.165) is 11.1 Å². The smallest absolute Gasteiger partial charge is 0.161 e. The predicted octanol–water partition coefficient (Wildman–Crippen LogP) is 3.61. The molecule has 0 saturated heterocycles. The van der Waals surface area contributed by atoms with Crippen LogP contribution >= 0.6 is 11.6 Å². The second-order valence-electron chi connectivity index (χ2n) is 4.65. The van der Waals surface area contributed by atoms with E-state index in [-0.39, 0.29) is 0 Å². The molecule has 0 aliphatic rings. The maximum absolute atomic E-state index is 10.8. The van der Waals surface area contributed by atoms with Crippen molar-refractivity contribution in [3.63, 3.8) is 0 Å². The number of hydrogen-bond donors (Lipinski definition) is 1. The van der Waals surface area contributed by atoms with Gasteiger partial charge in [0.25, 0.3) is 0 Å². The zero-order valence-corrected chi connectivity index (χ0v) is 12.4. The Labute approximate surface area is 123 Å². The van der Waals surface area contributed by atoms with Gasteiger partial charge in [0.05, 0.1) is 14.2 Å². The molecule has 0 bridgehead atoms. The van der Waals surface area contributed by atoms with Gasteiger partial charge in [0.1, 0.15) is 5.60 Å². The molecule has 0 saturated carbocycles. The van der Waals surface area contributed by atoms with Gasteiger partial charge in [-0.3, -0.25) is 0 Å². The van der Waals surface area contributed by atoms with Crippen LogP contribution in [-0.2, 0) is 5.60 Å². The standard InChI is InChI=1S/C16H17ClO3/c1-16(18,11-4-7-13(17)8-5-11)12-6-9-14(19-2)15(10-12)20-3/h4-10,18H,1-3H3. The van der Waals surface area contributed by atoms with Crippen molar-refractivity contribution >= 4 is 11.6 Å².